The van der Waals surface area contributed by atoms with Gasteiger partial charge in [-0.2, -0.15) is 0 Å². The Balaban J connectivity index is 2.97. The predicted octanol–water partition coefficient (Wildman–Crippen LogP) is 0.313. The molecule has 1 rings (SSSR count). The van der Waals surface area contributed by atoms with E-state index in [1.807, 2.05) is 30.0 Å². The Labute approximate surface area is 119 Å². The normalized spacial score (nSPS) is 10.0. The number of methoxy groups -OCH3 is 1. The first-order valence-electron chi connectivity index (χ1n) is 6.47. The number of hydrogen-bond donors (Lipinski definition) is 2. The lowest BCUT2D eigenvalue weighted by Crippen LogP contribution is -2.33. The molecule has 0 heterocycles. The summed E-state index contributed by atoms with van der Waals surface area (Å²) in [6.45, 7) is 3.83. The number of nitrogens with two attached hydrogens (primary N) is 2. The fraction of sp³-hybridized carbons (Fsp3) is 0.400. The Hall–Kier alpha value is -2.03. The molecule has 0 unspecified atom stereocenters. The largest absolute Gasteiger partial charge is 0.496 e. The van der Waals surface area contributed by atoms with Crippen molar-refractivity contribution >= 4 is 5.91 Å². The van der Waals surface area contributed by atoms with Crippen molar-refractivity contribution in [3.63, 3.8) is 0 Å². The van der Waals surface area contributed by atoms with Crippen LogP contribution in [-0.2, 0) is 11.3 Å². The number of ether oxygens (including phenoxy) is 1. The lowest BCUT2D eigenvalue weighted by molar-refractivity contribution is -0.119. The van der Waals surface area contributed by atoms with E-state index < -0.39 is 0 Å². The van der Waals surface area contributed by atoms with Gasteiger partial charge in [-0.25, -0.2) is 0 Å². The highest BCUT2D eigenvalue weighted by Crippen LogP contribution is 2.21. The van der Waals surface area contributed by atoms with Crippen LogP contribution in [0.3, 0.4) is 0 Å². The van der Waals surface area contributed by atoms with Gasteiger partial charge in [-0.3, -0.25) is 9.69 Å². The van der Waals surface area contributed by atoms with E-state index >= 15 is 0 Å². The smallest absolute Gasteiger partial charge is 0.231 e. The number of carbonyl (C=O) groups is 1. The second-order valence-electron chi connectivity index (χ2n) is 4.30. The number of amides is 1. The highest BCUT2D eigenvalue weighted by molar-refractivity contribution is 5.75. The Morgan fingerprint density at radius 3 is 2.75 bits per heavy atom. The summed E-state index contributed by atoms with van der Waals surface area (Å²) in [6.07, 6.45) is 0. The third kappa shape index (κ3) is 4.92. The summed E-state index contributed by atoms with van der Waals surface area (Å²) in [4.78, 5) is 13.0. The first kappa shape index (κ1) is 16.0. The lowest BCUT2D eigenvalue weighted by Gasteiger charge is -2.20. The quantitative estimate of drug-likeness (QED) is 0.732. The molecular weight excluding hydrogens is 254 g/mol. The van der Waals surface area contributed by atoms with E-state index in [0.717, 1.165) is 23.4 Å². The van der Waals surface area contributed by atoms with Crippen LogP contribution in [0.5, 0.6) is 5.75 Å². The molecular formula is C15H21N3O2. The molecule has 1 aromatic carbocycles. The molecule has 0 spiro atoms. The van der Waals surface area contributed by atoms with Crippen molar-refractivity contribution < 1.29 is 9.53 Å². The topological polar surface area (TPSA) is 81.6 Å². The number of nitrogens with zero attached hydrogens (tertiary/aromatic N) is 1. The monoisotopic (exact) mass is 275 g/mol. The van der Waals surface area contributed by atoms with E-state index in [1.165, 1.54) is 0 Å². The third-order valence-corrected chi connectivity index (χ3v) is 2.84. The van der Waals surface area contributed by atoms with Crippen molar-refractivity contribution in [1.82, 2.24) is 4.90 Å². The maximum atomic E-state index is 11.0. The van der Waals surface area contributed by atoms with E-state index in [4.69, 9.17) is 16.2 Å². The first-order valence-corrected chi connectivity index (χ1v) is 6.47. The first-order chi connectivity index (χ1) is 9.60. The van der Waals surface area contributed by atoms with Crippen LogP contribution in [0.15, 0.2) is 18.2 Å². The van der Waals surface area contributed by atoms with Gasteiger partial charge < -0.3 is 16.2 Å². The molecule has 5 nitrogen and oxygen atoms in total. The van der Waals surface area contributed by atoms with Gasteiger partial charge in [-0.15, -0.1) is 0 Å². The highest BCUT2D eigenvalue weighted by atomic mass is 16.5. The summed E-state index contributed by atoms with van der Waals surface area (Å²) < 4.78 is 5.34. The summed E-state index contributed by atoms with van der Waals surface area (Å²) >= 11 is 0. The van der Waals surface area contributed by atoms with Crippen LogP contribution in [0.1, 0.15) is 18.1 Å². The van der Waals surface area contributed by atoms with Gasteiger partial charge in [0.1, 0.15) is 5.75 Å². The summed E-state index contributed by atoms with van der Waals surface area (Å²) in [5, 5.41) is 0. The van der Waals surface area contributed by atoms with Crippen LogP contribution in [-0.4, -0.2) is 37.6 Å². The Kier molecular flexibility index (Phi) is 6.57. The second-order valence-corrected chi connectivity index (χ2v) is 4.30. The zero-order valence-corrected chi connectivity index (χ0v) is 12.0. The van der Waals surface area contributed by atoms with Gasteiger partial charge >= 0.3 is 0 Å². The van der Waals surface area contributed by atoms with Gasteiger partial charge in [-0.1, -0.05) is 18.8 Å². The van der Waals surface area contributed by atoms with Gasteiger partial charge in [0, 0.05) is 17.7 Å². The van der Waals surface area contributed by atoms with Gasteiger partial charge in [0.15, 0.2) is 0 Å². The van der Waals surface area contributed by atoms with Crippen LogP contribution < -0.4 is 16.2 Å². The van der Waals surface area contributed by atoms with Crippen molar-refractivity contribution in [2.75, 3.05) is 26.7 Å². The molecule has 0 saturated carbocycles. The van der Waals surface area contributed by atoms with Gasteiger partial charge in [0.2, 0.25) is 5.91 Å². The zero-order chi connectivity index (χ0) is 15.0. The number of likely N-dealkylation sites (N-methyl/N-ethyl adjacent to an activating group) is 1. The fourth-order valence-corrected chi connectivity index (χ4v) is 1.87. The minimum absolute atomic E-state index is 0.221. The Bertz CT molecular complexity index is 518. The van der Waals surface area contributed by atoms with Crippen LogP contribution in [0, 0.1) is 11.8 Å². The number of carbonyl (C=O) groups excluding carboxylic acids is 1. The molecule has 1 aromatic rings. The van der Waals surface area contributed by atoms with E-state index in [0.29, 0.717) is 13.1 Å². The molecule has 0 aliphatic rings. The van der Waals surface area contributed by atoms with Crippen molar-refractivity contribution in [2.24, 2.45) is 11.5 Å². The van der Waals surface area contributed by atoms with Crippen LogP contribution in [0.2, 0.25) is 0 Å². The Morgan fingerprint density at radius 2 is 2.20 bits per heavy atom. The molecule has 0 bridgehead atoms. The third-order valence-electron chi connectivity index (χ3n) is 2.84. The molecule has 108 valence electrons. The molecule has 20 heavy (non-hydrogen) atoms. The molecule has 0 fully saturated rings. The van der Waals surface area contributed by atoms with E-state index in [1.54, 1.807) is 7.11 Å². The second kappa shape index (κ2) is 8.20. The number of rotatable bonds is 6. The minimum atomic E-state index is -0.343. The maximum Gasteiger partial charge on any atom is 0.231 e. The summed E-state index contributed by atoms with van der Waals surface area (Å²) in [5.74, 6) is 6.23. The molecule has 0 aliphatic carbocycles. The molecule has 5 heteroatoms. The van der Waals surface area contributed by atoms with Crippen LogP contribution in [0.25, 0.3) is 0 Å². The van der Waals surface area contributed by atoms with Crippen molar-refractivity contribution in [1.29, 1.82) is 0 Å². The highest BCUT2D eigenvalue weighted by Gasteiger charge is 2.11. The average Bonchev–Trinajstić information content (AvgIpc) is 2.44. The fourth-order valence-electron chi connectivity index (χ4n) is 1.87. The molecule has 0 atom stereocenters. The minimum Gasteiger partial charge on any atom is -0.496 e. The molecule has 4 N–H and O–H groups in total. The SMILES string of the molecule is CCN(CC(N)=O)Cc1cc(C#CCN)ccc1OC. The summed E-state index contributed by atoms with van der Waals surface area (Å²) in [5.41, 5.74) is 12.5. The number of hydrogen-bond acceptors (Lipinski definition) is 4. The molecule has 0 radical (unpaired) electrons. The maximum absolute atomic E-state index is 11.0. The van der Waals surface area contributed by atoms with E-state index in [9.17, 15) is 4.79 Å². The molecule has 0 aromatic heterocycles. The Morgan fingerprint density at radius 1 is 1.45 bits per heavy atom. The lowest BCUT2D eigenvalue weighted by atomic mass is 10.1. The zero-order valence-electron chi connectivity index (χ0n) is 12.0. The van der Waals surface area contributed by atoms with Gasteiger partial charge in [0.25, 0.3) is 0 Å². The number of primary amides is 1. The van der Waals surface area contributed by atoms with Gasteiger partial charge in [-0.05, 0) is 24.7 Å². The van der Waals surface area contributed by atoms with Crippen molar-refractivity contribution in [2.45, 2.75) is 13.5 Å². The van der Waals surface area contributed by atoms with Crippen molar-refractivity contribution in [3.05, 3.63) is 29.3 Å². The molecule has 0 saturated heterocycles. The average molecular weight is 275 g/mol. The predicted molar refractivity (Wildman–Crippen MR) is 79.1 cm³/mol. The molecule has 0 aliphatic heterocycles. The van der Waals surface area contributed by atoms with Gasteiger partial charge in [0.05, 0.1) is 20.2 Å². The standard InChI is InChI=1S/C15H21N3O2/c1-3-18(11-15(17)19)10-13-9-12(5-4-8-16)6-7-14(13)20-2/h6-7,9H,3,8,10-11,16H2,1-2H3,(H2,17,19). The van der Waals surface area contributed by atoms with Crippen molar-refractivity contribution in [3.8, 4) is 17.6 Å². The summed E-state index contributed by atoms with van der Waals surface area (Å²) in [7, 11) is 1.62. The number of benzene rings is 1. The molecule has 1 amide bonds. The van der Waals surface area contributed by atoms with Crippen LogP contribution in [0.4, 0.5) is 0 Å². The van der Waals surface area contributed by atoms with E-state index in [-0.39, 0.29) is 12.5 Å². The van der Waals surface area contributed by atoms with Crippen LogP contribution >= 0.6 is 0 Å². The van der Waals surface area contributed by atoms with E-state index in [2.05, 4.69) is 11.8 Å². The summed E-state index contributed by atoms with van der Waals surface area (Å²) in [6, 6.07) is 5.70.